The average molecular weight is 757 g/mol. The van der Waals surface area contributed by atoms with Crippen LogP contribution in [0.5, 0.6) is 0 Å². The summed E-state index contributed by atoms with van der Waals surface area (Å²) < 4.78 is 22.7. The standard InChI is InChI=1S/C7H8N2O2.C7H7N2O2.C6H15N.3C6H5.Sb/c2*8-6-4-2-1-3-5(6)7(10)9-11;1-4-7(5-2)6-3;3*1-2-4-6-5-3-1;/h1-4,11H,8H2,(H,9,10);1-4H,(H3-,8,9,10,11);4-6H2,1-3H3;3*1-5H;/q;-1;;;;;+2/p-1. The molecule has 1 aliphatic rings. The second-order valence-electron chi connectivity index (χ2n) is 11.5. The molecule has 0 atom stereocenters. The molecule has 0 saturated carbocycles. The Morgan fingerprint density at radius 1 is 0.667 bits per heavy atom. The number of oxime groups is 1. The molecule has 1 amide bonds. The molecule has 0 aromatic heterocycles. The summed E-state index contributed by atoms with van der Waals surface area (Å²) in [5.41, 5.74) is 16.7. The van der Waals surface area contributed by atoms with Crippen molar-refractivity contribution in [2.24, 2.45) is 5.16 Å². The van der Waals surface area contributed by atoms with E-state index in [0.717, 1.165) is 0 Å². The fourth-order valence-electron chi connectivity index (χ4n) is 6.03. The number of hydrogen-bond acceptors (Lipinski definition) is 7. The summed E-state index contributed by atoms with van der Waals surface area (Å²) in [6.45, 7) is 10.5. The number of hydrogen-bond donors (Lipinski definition) is 4. The van der Waals surface area contributed by atoms with E-state index in [1.54, 1.807) is 41.3 Å². The van der Waals surface area contributed by atoms with E-state index in [-0.39, 0.29) is 11.5 Å². The number of nitrogens with zero attached hydrogens (tertiary/aromatic N) is 1. The van der Waals surface area contributed by atoms with Crippen molar-refractivity contribution in [3.63, 3.8) is 0 Å². The van der Waals surface area contributed by atoms with Gasteiger partial charge in [0.2, 0.25) is 0 Å². The fraction of sp³-hybridized carbons (Fsp3) is 0.158. The third-order valence-corrected chi connectivity index (χ3v) is 25.7. The molecule has 5 aromatic carbocycles. The zero-order valence-electron chi connectivity index (χ0n) is 27.6. The topological polar surface area (TPSA) is 126 Å². The molecule has 0 unspecified atom stereocenters. The predicted octanol–water partition coefficient (Wildman–Crippen LogP) is 3.42. The van der Waals surface area contributed by atoms with Crippen LogP contribution in [-0.2, 0) is 9.25 Å². The predicted molar refractivity (Wildman–Crippen MR) is 196 cm³/mol. The van der Waals surface area contributed by atoms with E-state index in [0.29, 0.717) is 27.5 Å². The summed E-state index contributed by atoms with van der Waals surface area (Å²) in [6, 6.07) is 42.0. The maximum absolute atomic E-state index is 13.7. The zero-order chi connectivity index (χ0) is 34.1. The normalized spacial score (nSPS) is 16.6. The van der Waals surface area contributed by atoms with E-state index in [9.17, 15) is 4.79 Å². The summed E-state index contributed by atoms with van der Waals surface area (Å²) in [7, 11) is 0. The van der Waals surface area contributed by atoms with Crippen LogP contribution in [0.1, 0.15) is 36.7 Å². The Labute approximate surface area is 281 Å². The monoisotopic (exact) mass is 755 g/mol. The summed E-state index contributed by atoms with van der Waals surface area (Å²) in [5.74, 6) is -0.445. The second kappa shape index (κ2) is 14.1. The van der Waals surface area contributed by atoms with E-state index in [1.807, 2.05) is 103 Å². The molecule has 10 heteroatoms. The molecule has 0 bridgehead atoms. The SMILES string of the molecule is CC[NH+](CC)CC.Nc1ccccc1C(=O)N[O][Sb-]1([c]2ccccc2)([c]2ccccc2)([c]2ccccc2)[O]N=C(c2ccccc2N)[O]1. The van der Waals surface area contributed by atoms with E-state index in [2.05, 4.69) is 31.4 Å². The first-order valence-electron chi connectivity index (χ1n) is 16.1. The zero-order valence-corrected chi connectivity index (χ0v) is 30.1. The Balaban J connectivity index is 0.000000582. The number of rotatable bonds is 10. The van der Waals surface area contributed by atoms with Gasteiger partial charge in [0, 0.05) is 0 Å². The van der Waals surface area contributed by atoms with Crippen LogP contribution in [0.25, 0.3) is 0 Å². The van der Waals surface area contributed by atoms with Gasteiger partial charge in [0.05, 0.1) is 19.6 Å². The molecular formula is C38H44N5O4Sb. The van der Waals surface area contributed by atoms with Crippen LogP contribution in [0.3, 0.4) is 0 Å². The fourth-order valence-corrected chi connectivity index (χ4v) is 21.8. The van der Waals surface area contributed by atoms with Gasteiger partial charge in [0.1, 0.15) is 0 Å². The van der Waals surface area contributed by atoms with Crippen LogP contribution < -0.4 is 32.4 Å². The molecule has 0 fully saturated rings. The number of benzene rings is 5. The first kappa shape index (κ1) is 34.5. The quantitative estimate of drug-likeness (QED) is 0.0985. The van der Waals surface area contributed by atoms with Gasteiger partial charge in [-0.05, 0) is 20.8 Å². The molecule has 0 spiro atoms. The minimum absolute atomic E-state index is 0.127. The number of quaternary nitrogens is 1. The van der Waals surface area contributed by atoms with Crippen LogP contribution in [-0.4, -0.2) is 48.7 Å². The maximum atomic E-state index is 13.7. The molecule has 5 aromatic rings. The molecule has 6 rings (SSSR count). The molecule has 0 aliphatic carbocycles. The summed E-state index contributed by atoms with van der Waals surface area (Å²) >= 11 is -6.90. The van der Waals surface area contributed by atoms with Crippen LogP contribution in [0.4, 0.5) is 11.4 Å². The Morgan fingerprint density at radius 3 is 1.54 bits per heavy atom. The Kier molecular flexibility index (Phi) is 10.1. The Bertz CT molecular complexity index is 1780. The number of para-hydroxylation sites is 2. The van der Waals surface area contributed by atoms with E-state index in [4.69, 9.17) is 20.7 Å². The number of nitrogen functional groups attached to an aromatic ring is 2. The molecule has 48 heavy (non-hydrogen) atoms. The van der Waals surface area contributed by atoms with Gasteiger partial charge in [0.15, 0.2) is 0 Å². The van der Waals surface area contributed by atoms with Crippen LogP contribution in [0.2, 0.25) is 0 Å². The van der Waals surface area contributed by atoms with E-state index >= 15 is 0 Å². The van der Waals surface area contributed by atoms with Gasteiger partial charge in [-0.25, -0.2) is 0 Å². The van der Waals surface area contributed by atoms with Crippen molar-refractivity contribution in [2.75, 3.05) is 31.1 Å². The summed E-state index contributed by atoms with van der Waals surface area (Å²) in [4.78, 5) is 15.4. The van der Waals surface area contributed by atoms with Gasteiger partial charge in [-0.15, -0.1) is 0 Å². The number of hydroxylamine groups is 1. The van der Waals surface area contributed by atoms with Gasteiger partial charge in [0.25, 0.3) is 0 Å². The van der Waals surface area contributed by atoms with Gasteiger partial charge >= 0.3 is 238 Å². The minimum atomic E-state index is -6.90. The number of carbonyl (C=O) groups excluding carboxylic acids is 1. The summed E-state index contributed by atoms with van der Waals surface area (Å²) in [6.07, 6.45) is 0. The molecule has 250 valence electrons. The van der Waals surface area contributed by atoms with Crippen LogP contribution in [0.15, 0.2) is 145 Å². The van der Waals surface area contributed by atoms with E-state index < -0.39 is 23.2 Å². The molecular weight excluding hydrogens is 712 g/mol. The number of anilines is 2. The van der Waals surface area contributed by atoms with Crippen molar-refractivity contribution >= 4 is 51.0 Å². The number of carbonyl (C=O) groups is 1. The van der Waals surface area contributed by atoms with Crippen molar-refractivity contribution in [3.8, 4) is 0 Å². The Morgan fingerprint density at radius 2 is 1.10 bits per heavy atom. The number of amides is 1. The molecule has 0 radical (unpaired) electrons. The molecule has 1 heterocycles. The van der Waals surface area contributed by atoms with Crippen LogP contribution in [0, 0.1) is 0 Å². The Hall–Kier alpha value is -4.82. The average Bonchev–Trinajstić information content (AvgIpc) is 3.53. The molecule has 9 nitrogen and oxygen atoms in total. The van der Waals surface area contributed by atoms with Gasteiger partial charge in [-0.1, -0.05) is 0 Å². The van der Waals surface area contributed by atoms with Crippen molar-refractivity contribution in [3.05, 3.63) is 151 Å². The van der Waals surface area contributed by atoms with Crippen molar-refractivity contribution < 1.29 is 18.9 Å². The van der Waals surface area contributed by atoms with Crippen molar-refractivity contribution in [2.45, 2.75) is 20.8 Å². The second-order valence-corrected chi connectivity index (χ2v) is 25.3. The first-order valence-corrected chi connectivity index (χ1v) is 23.1. The van der Waals surface area contributed by atoms with Crippen LogP contribution >= 0.6 is 0 Å². The molecule has 0 saturated heterocycles. The number of nitrogens with two attached hydrogens (primary N) is 2. The first-order chi connectivity index (χ1) is 23.3. The third-order valence-electron chi connectivity index (χ3n) is 8.85. The molecule has 1 aliphatic heterocycles. The van der Waals surface area contributed by atoms with Gasteiger partial charge < -0.3 is 4.90 Å². The van der Waals surface area contributed by atoms with Crippen molar-refractivity contribution in [1.82, 2.24) is 5.48 Å². The number of nitrogens with one attached hydrogen (secondary N) is 2. The van der Waals surface area contributed by atoms with Crippen molar-refractivity contribution in [1.29, 1.82) is 0 Å². The van der Waals surface area contributed by atoms with Gasteiger partial charge in [-0.3, -0.25) is 0 Å². The van der Waals surface area contributed by atoms with E-state index in [1.165, 1.54) is 19.6 Å². The summed E-state index contributed by atoms with van der Waals surface area (Å²) in [5, 5.41) is 4.56. The third kappa shape index (κ3) is 5.68. The van der Waals surface area contributed by atoms with Gasteiger partial charge in [-0.2, -0.15) is 0 Å². The molecule has 6 N–H and O–H groups in total.